The lowest BCUT2D eigenvalue weighted by atomic mass is 10.0. The van der Waals surface area contributed by atoms with Crippen LogP contribution in [-0.2, 0) is 0 Å². The first-order valence-electron chi connectivity index (χ1n) is 12.0. The Kier molecular flexibility index (Phi) is 6.22. The number of aromatic amines is 1. The zero-order valence-corrected chi connectivity index (χ0v) is 20.3. The zero-order valence-electron chi connectivity index (χ0n) is 20.3. The maximum atomic E-state index is 14.0. The molecule has 0 unspecified atom stereocenters. The minimum atomic E-state index is -0.587. The summed E-state index contributed by atoms with van der Waals surface area (Å²) in [6, 6.07) is 25.1. The first-order chi connectivity index (χ1) is 19.1. The summed E-state index contributed by atoms with van der Waals surface area (Å²) in [5.41, 5.74) is 5.44. The second-order valence-electron chi connectivity index (χ2n) is 8.63. The van der Waals surface area contributed by atoms with Crippen LogP contribution in [0.2, 0.25) is 0 Å². The summed E-state index contributed by atoms with van der Waals surface area (Å²) >= 11 is 0. The number of esters is 1. The van der Waals surface area contributed by atoms with Crippen molar-refractivity contribution in [2.75, 3.05) is 6.79 Å². The maximum absolute atomic E-state index is 14.0. The third-order valence-electron chi connectivity index (χ3n) is 6.15. The molecule has 192 valence electrons. The van der Waals surface area contributed by atoms with E-state index in [1.165, 1.54) is 18.3 Å². The predicted molar refractivity (Wildman–Crippen MR) is 143 cm³/mol. The van der Waals surface area contributed by atoms with Crippen LogP contribution in [0.15, 0.2) is 96.1 Å². The fourth-order valence-corrected chi connectivity index (χ4v) is 4.32. The molecule has 0 spiro atoms. The number of amides is 1. The average Bonchev–Trinajstić information content (AvgIpc) is 3.58. The number of hydrazone groups is 1. The number of ether oxygens (including phenoxy) is 3. The van der Waals surface area contributed by atoms with Gasteiger partial charge in [0.1, 0.15) is 17.3 Å². The topological polar surface area (TPSA) is 102 Å². The van der Waals surface area contributed by atoms with Gasteiger partial charge in [-0.3, -0.25) is 4.79 Å². The molecule has 6 rings (SSSR count). The van der Waals surface area contributed by atoms with Gasteiger partial charge in [-0.15, -0.1) is 0 Å². The minimum Gasteiger partial charge on any atom is -0.454 e. The maximum Gasteiger partial charge on any atom is 0.343 e. The molecule has 4 aromatic carbocycles. The Morgan fingerprint density at radius 2 is 1.72 bits per heavy atom. The highest BCUT2D eigenvalue weighted by atomic mass is 19.1. The molecule has 9 heteroatoms. The first kappa shape index (κ1) is 23.9. The van der Waals surface area contributed by atoms with Crippen LogP contribution in [0.4, 0.5) is 4.39 Å². The van der Waals surface area contributed by atoms with E-state index in [2.05, 4.69) is 15.5 Å². The largest absolute Gasteiger partial charge is 0.454 e. The van der Waals surface area contributed by atoms with Gasteiger partial charge in [-0.2, -0.15) is 5.10 Å². The number of hydrogen-bond donors (Lipinski definition) is 2. The monoisotopic (exact) mass is 521 g/mol. The van der Waals surface area contributed by atoms with Gasteiger partial charge in [-0.25, -0.2) is 14.6 Å². The number of nitrogens with zero attached hydrogens (tertiary/aromatic N) is 1. The number of H-pyrrole nitrogens is 1. The number of benzene rings is 4. The summed E-state index contributed by atoms with van der Waals surface area (Å²) in [5.74, 6) is -0.228. The molecule has 0 saturated carbocycles. The Labute approximate surface area is 221 Å². The lowest BCUT2D eigenvalue weighted by molar-refractivity contribution is 0.0733. The van der Waals surface area contributed by atoms with E-state index in [1.807, 2.05) is 30.3 Å². The molecule has 5 aromatic rings. The molecular weight excluding hydrogens is 501 g/mol. The normalized spacial score (nSPS) is 12.1. The van der Waals surface area contributed by atoms with Gasteiger partial charge in [0.15, 0.2) is 11.5 Å². The number of fused-ring (bicyclic) bond motifs is 2. The predicted octanol–water partition coefficient (Wildman–Crippen LogP) is 5.69. The lowest BCUT2D eigenvalue weighted by Gasteiger charge is -2.08. The summed E-state index contributed by atoms with van der Waals surface area (Å²) in [4.78, 5) is 29.0. The fraction of sp³-hybridized carbons (Fsp3) is 0.0333. The van der Waals surface area contributed by atoms with Gasteiger partial charge in [0.25, 0.3) is 5.91 Å². The number of carbonyl (C=O) groups is 2. The van der Waals surface area contributed by atoms with Crippen molar-refractivity contribution in [1.82, 2.24) is 10.4 Å². The van der Waals surface area contributed by atoms with Crippen LogP contribution >= 0.6 is 0 Å². The van der Waals surface area contributed by atoms with Crippen molar-refractivity contribution in [1.29, 1.82) is 0 Å². The van der Waals surface area contributed by atoms with Gasteiger partial charge in [0.05, 0.1) is 11.8 Å². The van der Waals surface area contributed by atoms with E-state index in [4.69, 9.17) is 14.2 Å². The standard InChI is InChI=1S/C30H20FN3O5/c31-21-11-12-23-22(15-21)27(18-6-2-1-3-7-18)28(33-23)29(35)34-32-16-20-8-4-5-9-24(20)39-30(36)19-10-13-25-26(14-19)38-17-37-25/h1-16,33H,17H2,(H,34,35). The van der Waals surface area contributed by atoms with Gasteiger partial charge in [0, 0.05) is 22.0 Å². The van der Waals surface area contributed by atoms with E-state index < -0.39 is 17.7 Å². The number of para-hydroxylation sites is 1. The summed E-state index contributed by atoms with van der Waals surface area (Å²) in [6.07, 6.45) is 1.38. The summed E-state index contributed by atoms with van der Waals surface area (Å²) < 4.78 is 30.2. The summed E-state index contributed by atoms with van der Waals surface area (Å²) in [7, 11) is 0. The molecule has 0 bridgehead atoms. The molecule has 0 radical (unpaired) electrons. The van der Waals surface area contributed by atoms with E-state index in [0.29, 0.717) is 39.1 Å². The van der Waals surface area contributed by atoms with Crippen molar-refractivity contribution < 1.29 is 28.2 Å². The van der Waals surface area contributed by atoms with E-state index in [0.717, 1.165) is 5.56 Å². The smallest absolute Gasteiger partial charge is 0.343 e. The van der Waals surface area contributed by atoms with Crippen LogP contribution in [0.5, 0.6) is 17.2 Å². The number of carbonyl (C=O) groups excluding carboxylic acids is 2. The van der Waals surface area contributed by atoms with Gasteiger partial charge in [0.2, 0.25) is 6.79 Å². The number of aromatic nitrogens is 1. The van der Waals surface area contributed by atoms with Crippen molar-refractivity contribution in [3.63, 3.8) is 0 Å². The van der Waals surface area contributed by atoms with E-state index in [-0.39, 0.29) is 18.2 Å². The van der Waals surface area contributed by atoms with Crippen LogP contribution in [0.3, 0.4) is 0 Å². The van der Waals surface area contributed by atoms with E-state index in [9.17, 15) is 14.0 Å². The van der Waals surface area contributed by atoms with Gasteiger partial charge < -0.3 is 19.2 Å². The molecule has 1 aromatic heterocycles. The third-order valence-corrected chi connectivity index (χ3v) is 6.15. The SMILES string of the molecule is O=C(Oc1ccccc1C=NNC(=O)c1[nH]c2ccc(F)cc2c1-c1ccccc1)c1ccc2c(c1)OCO2. The van der Waals surface area contributed by atoms with Crippen molar-refractivity contribution in [2.24, 2.45) is 5.10 Å². The second kappa shape index (κ2) is 10.1. The molecule has 0 atom stereocenters. The highest BCUT2D eigenvalue weighted by Gasteiger charge is 2.20. The van der Waals surface area contributed by atoms with Crippen LogP contribution in [0.25, 0.3) is 22.0 Å². The average molecular weight is 522 g/mol. The first-order valence-corrected chi connectivity index (χ1v) is 12.0. The highest BCUT2D eigenvalue weighted by molar-refractivity contribution is 6.09. The van der Waals surface area contributed by atoms with E-state index in [1.54, 1.807) is 48.5 Å². The summed E-state index contributed by atoms with van der Waals surface area (Å²) in [6.45, 7) is 0.0983. The Balaban J connectivity index is 1.23. The molecule has 0 saturated heterocycles. The zero-order chi connectivity index (χ0) is 26.8. The molecule has 1 amide bonds. The van der Waals surface area contributed by atoms with Gasteiger partial charge in [-0.1, -0.05) is 42.5 Å². The molecule has 1 aliphatic rings. The Bertz CT molecular complexity index is 1750. The quantitative estimate of drug-likeness (QED) is 0.129. The number of hydrogen-bond acceptors (Lipinski definition) is 6. The molecule has 0 fully saturated rings. The molecule has 1 aliphatic heterocycles. The van der Waals surface area contributed by atoms with Gasteiger partial charge in [-0.05, 0) is 54.1 Å². The molecule has 8 nitrogen and oxygen atoms in total. The van der Waals surface area contributed by atoms with Crippen molar-refractivity contribution in [2.45, 2.75) is 0 Å². The molecule has 39 heavy (non-hydrogen) atoms. The second-order valence-corrected chi connectivity index (χ2v) is 8.63. The van der Waals surface area contributed by atoms with Crippen molar-refractivity contribution in [3.05, 3.63) is 114 Å². The van der Waals surface area contributed by atoms with Crippen LogP contribution in [0.1, 0.15) is 26.4 Å². The van der Waals surface area contributed by atoms with Crippen LogP contribution in [0, 0.1) is 5.82 Å². The Hall–Kier alpha value is -5.44. The summed E-state index contributed by atoms with van der Waals surface area (Å²) in [5, 5.41) is 4.66. The number of halogens is 1. The van der Waals surface area contributed by atoms with Crippen LogP contribution in [-0.4, -0.2) is 29.9 Å². The Morgan fingerprint density at radius 3 is 2.59 bits per heavy atom. The van der Waals surface area contributed by atoms with E-state index >= 15 is 0 Å². The number of nitrogens with one attached hydrogen (secondary N) is 2. The molecule has 2 heterocycles. The van der Waals surface area contributed by atoms with Crippen molar-refractivity contribution in [3.8, 4) is 28.4 Å². The molecule has 0 aliphatic carbocycles. The van der Waals surface area contributed by atoms with Gasteiger partial charge >= 0.3 is 5.97 Å². The lowest BCUT2D eigenvalue weighted by Crippen LogP contribution is -2.19. The fourth-order valence-electron chi connectivity index (χ4n) is 4.32. The molecule has 2 N–H and O–H groups in total. The third kappa shape index (κ3) is 4.80. The molecular formula is C30H20FN3O5. The number of rotatable bonds is 6. The van der Waals surface area contributed by atoms with Crippen molar-refractivity contribution >= 4 is 29.0 Å². The minimum absolute atomic E-state index is 0.0983. The van der Waals surface area contributed by atoms with Crippen LogP contribution < -0.4 is 19.6 Å². The Morgan fingerprint density at radius 1 is 0.923 bits per heavy atom. The highest BCUT2D eigenvalue weighted by Crippen LogP contribution is 2.34.